The molecule has 0 fully saturated rings. The third-order valence-corrected chi connectivity index (χ3v) is 2.72. The highest BCUT2D eigenvalue weighted by Gasteiger charge is 2.07. The van der Waals surface area contributed by atoms with Crippen molar-refractivity contribution in [3.63, 3.8) is 0 Å². The Kier molecular flexibility index (Phi) is 6.73. The molecule has 0 bridgehead atoms. The SMILES string of the molecule is Cc1cccc(NC(=O)CNC(=O)C[NH2+]CC(C)C)c1. The predicted molar refractivity (Wildman–Crippen MR) is 79.3 cm³/mol. The van der Waals surface area contributed by atoms with Gasteiger partial charge in [0.05, 0.1) is 13.1 Å². The standard InChI is InChI=1S/C15H23N3O2/c1-11(2)8-16-9-14(19)17-10-15(20)18-13-6-4-5-12(3)7-13/h4-7,11,16H,8-10H2,1-3H3,(H,17,19)(H,18,20)/p+1. The summed E-state index contributed by atoms with van der Waals surface area (Å²) in [5.41, 5.74) is 1.82. The van der Waals surface area contributed by atoms with Crippen LogP contribution in [0, 0.1) is 12.8 Å². The lowest BCUT2D eigenvalue weighted by atomic mass is 10.2. The zero-order valence-corrected chi connectivity index (χ0v) is 12.4. The summed E-state index contributed by atoms with van der Waals surface area (Å²) in [5.74, 6) is 0.213. The molecule has 0 saturated heterocycles. The summed E-state index contributed by atoms with van der Waals surface area (Å²) in [7, 11) is 0. The first kappa shape index (κ1) is 16.2. The summed E-state index contributed by atoms with van der Waals surface area (Å²) >= 11 is 0. The predicted octanol–water partition coefficient (Wildman–Crippen LogP) is 0.269. The van der Waals surface area contributed by atoms with E-state index in [1.54, 1.807) is 0 Å². The van der Waals surface area contributed by atoms with Gasteiger partial charge in [0.2, 0.25) is 5.91 Å². The number of rotatable bonds is 7. The average molecular weight is 278 g/mol. The lowest BCUT2D eigenvalue weighted by Crippen LogP contribution is -2.87. The molecule has 0 saturated carbocycles. The largest absolute Gasteiger partial charge is 0.342 e. The summed E-state index contributed by atoms with van der Waals surface area (Å²) < 4.78 is 0. The maximum absolute atomic E-state index is 11.7. The average Bonchev–Trinajstić information content (AvgIpc) is 2.36. The molecule has 0 radical (unpaired) electrons. The van der Waals surface area contributed by atoms with Gasteiger partial charge in [-0.2, -0.15) is 0 Å². The van der Waals surface area contributed by atoms with Crippen molar-refractivity contribution >= 4 is 17.5 Å². The molecule has 1 aromatic rings. The van der Waals surface area contributed by atoms with Gasteiger partial charge in [0, 0.05) is 11.6 Å². The van der Waals surface area contributed by atoms with Crippen LogP contribution in [0.2, 0.25) is 0 Å². The summed E-state index contributed by atoms with van der Waals surface area (Å²) in [6.07, 6.45) is 0. The maximum Gasteiger partial charge on any atom is 0.275 e. The van der Waals surface area contributed by atoms with Gasteiger partial charge in [0.15, 0.2) is 6.54 Å². The highest BCUT2D eigenvalue weighted by Crippen LogP contribution is 2.08. The fourth-order valence-corrected chi connectivity index (χ4v) is 1.73. The van der Waals surface area contributed by atoms with Gasteiger partial charge < -0.3 is 16.0 Å². The van der Waals surface area contributed by atoms with Crippen LogP contribution in [0.15, 0.2) is 24.3 Å². The van der Waals surface area contributed by atoms with E-state index in [2.05, 4.69) is 24.5 Å². The van der Waals surface area contributed by atoms with Gasteiger partial charge >= 0.3 is 0 Å². The Morgan fingerprint density at radius 1 is 1.25 bits per heavy atom. The van der Waals surface area contributed by atoms with E-state index in [1.807, 2.05) is 36.5 Å². The minimum absolute atomic E-state index is 0.00228. The van der Waals surface area contributed by atoms with Gasteiger partial charge in [-0.15, -0.1) is 0 Å². The number of quaternary nitrogens is 1. The topological polar surface area (TPSA) is 74.8 Å². The van der Waals surface area contributed by atoms with Gasteiger partial charge in [-0.05, 0) is 24.6 Å². The molecule has 5 nitrogen and oxygen atoms in total. The van der Waals surface area contributed by atoms with Crippen LogP contribution in [-0.4, -0.2) is 31.4 Å². The number of hydrogen-bond acceptors (Lipinski definition) is 2. The van der Waals surface area contributed by atoms with Crippen molar-refractivity contribution in [2.75, 3.05) is 25.0 Å². The molecule has 1 rings (SSSR count). The number of hydrogen-bond donors (Lipinski definition) is 3. The smallest absolute Gasteiger partial charge is 0.275 e. The molecule has 1 aromatic carbocycles. The van der Waals surface area contributed by atoms with Crippen LogP contribution in [0.4, 0.5) is 5.69 Å². The second-order valence-electron chi connectivity index (χ2n) is 5.32. The second kappa shape index (κ2) is 8.32. The van der Waals surface area contributed by atoms with Gasteiger partial charge in [-0.1, -0.05) is 26.0 Å². The Hall–Kier alpha value is -1.88. The van der Waals surface area contributed by atoms with Crippen molar-refractivity contribution in [2.45, 2.75) is 20.8 Å². The first-order valence-electron chi connectivity index (χ1n) is 6.92. The quantitative estimate of drug-likeness (QED) is 0.669. The van der Waals surface area contributed by atoms with Crippen molar-refractivity contribution < 1.29 is 14.9 Å². The van der Waals surface area contributed by atoms with Crippen molar-refractivity contribution in [1.29, 1.82) is 0 Å². The number of nitrogens with one attached hydrogen (secondary N) is 2. The van der Waals surface area contributed by atoms with Gasteiger partial charge in [0.25, 0.3) is 5.91 Å². The molecule has 0 atom stereocenters. The number of amides is 2. The Bertz CT molecular complexity index is 458. The lowest BCUT2D eigenvalue weighted by molar-refractivity contribution is -0.648. The number of aryl methyl sites for hydroxylation is 1. The normalized spacial score (nSPS) is 10.4. The van der Waals surface area contributed by atoms with E-state index in [1.165, 1.54) is 0 Å². The monoisotopic (exact) mass is 278 g/mol. The lowest BCUT2D eigenvalue weighted by Gasteiger charge is -2.08. The minimum Gasteiger partial charge on any atom is -0.342 e. The van der Waals surface area contributed by atoms with Crippen LogP contribution in [0.3, 0.4) is 0 Å². The van der Waals surface area contributed by atoms with Crippen LogP contribution in [0.5, 0.6) is 0 Å². The molecular formula is C15H24N3O2+. The van der Waals surface area contributed by atoms with Gasteiger partial charge in [0.1, 0.15) is 0 Å². The molecule has 110 valence electrons. The summed E-state index contributed by atoms with van der Waals surface area (Å²) in [6.45, 7) is 7.43. The van der Waals surface area contributed by atoms with Crippen molar-refractivity contribution in [1.82, 2.24) is 5.32 Å². The molecule has 2 amide bonds. The minimum atomic E-state index is -0.215. The number of benzene rings is 1. The zero-order chi connectivity index (χ0) is 15.0. The van der Waals surface area contributed by atoms with E-state index in [-0.39, 0.29) is 18.4 Å². The van der Waals surface area contributed by atoms with E-state index in [0.29, 0.717) is 12.5 Å². The van der Waals surface area contributed by atoms with E-state index in [4.69, 9.17) is 0 Å². The van der Waals surface area contributed by atoms with Crippen molar-refractivity contribution in [3.8, 4) is 0 Å². The zero-order valence-electron chi connectivity index (χ0n) is 12.4. The third-order valence-electron chi connectivity index (χ3n) is 2.72. The van der Waals surface area contributed by atoms with Crippen LogP contribution < -0.4 is 16.0 Å². The molecule has 0 spiro atoms. The molecule has 0 heterocycles. The Labute approximate surface area is 120 Å². The summed E-state index contributed by atoms with van der Waals surface area (Å²) in [6, 6.07) is 7.55. The van der Waals surface area contributed by atoms with Crippen LogP contribution in [-0.2, 0) is 9.59 Å². The molecular weight excluding hydrogens is 254 g/mol. The Morgan fingerprint density at radius 2 is 2.00 bits per heavy atom. The fraction of sp³-hybridized carbons (Fsp3) is 0.467. The molecule has 20 heavy (non-hydrogen) atoms. The Balaban J connectivity index is 2.24. The molecule has 4 N–H and O–H groups in total. The van der Waals surface area contributed by atoms with Crippen molar-refractivity contribution in [2.24, 2.45) is 5.92 Å². The Morgan fingerprint density at radius 3 is 2.65 bits per heavy atom. The highest BCUT2D eigenvalue weighted by molar-refractivity contribution is 5.94. The maximum atomic E-state index is 11.7. The molecule has 0 aliphatic rings. The van der Waals surface area contributed by atoms with E-state index in [0.717, 1.165) is 17.8 Å². The van der Waals surface area contributed by atoms with Gasteiger partial charge in [-0.3, -0.25) is 9.59 Å². The second-order valence-corrected chi connectivity index (χ2v) is 5.32. The molecule has 0 aliphatic carbocycles. The highest BCUT2D eigenvalue weighted by atomic mass is 16.2. The van der Waals surface area contributed by atoms with E-state index >= 15 is 0 Å². The fourth-order valence-electron chi connectivity index (χ4n) is 1.73. The molecule has 0 unspecified atom stereocenters. The van der Waals surface area contributed by atoms with Crippen molar-refractivity contribution in [3.05, 3.63) is 29.8 Å². The molecule has 0 aromatic heterocycles. The first-order valence-corrected chi connectivity index (χ1v) is 6.92. The first-order chi connectivity index (χ1) is 9.47. The van der Waals surface area contributed by atoms with Crippen LogP contribution in [0.25, 0.3) is 0 Å². The number of anilines is 1. The summed E-state index contributed by atoms with van der Waals surface area (Å²) in [5, 5.41) is 7.30. The van der Waals surface area contributed by atoms with E-state index in [9.17, 15) is 9.59 Å². The van der Waals surface area contributed by atoms with Gasteiger partial charge in [-0.25, -0.2) is 0 Å². The number of carbonyl (C=O) groups excluding carboxylic acids is 2. The molecule has 5 heteroatoms. The third kappa shape index (κ3) is 6.89. The number of carbonyl (C=O) groups is 2. The number of nitrogens with two attached hydrogens (primary N) is 1. The molecule has 0 aliphatic heterocycles. The summed E-state index contributed by atoms with van der Waals surface area (Å²) in [4.78, 5) is 23.2. The van der Waals surface area contributed by atoms with E-state index < -0.39 is 0 Å². The van der Waals surface area contributed by atoms with Crippen LogP contribution in [0.1, 0.15) is 19.4 Å². The van der Waals surface area contributed by atoms with Crippen LogP contribution >= 0.6 is 0 Å².